The van der Waals surface area contributed by atoms with Crippen LogP contribution in [0.3, 0.4) is 0 Å². The predicted molar refractivity (Wildman–Crippen MR) is 94.3 cm³/mol. The van der Waals surface area contributed by atoms with Crippen molar-refractivity contribution >= 4 is 16.7 Å². The number of carbonyl (C=O) groups excluding carboxylic acids is 1. The Morgan fingerprint density at radius 1 is 0.958 bits per heavy atom. The summed E-state index contributed by atoms with van der Waals surface area (Å²) in [5, 5.41) is 5.21. The molecule has 3 rings (SSSR count). The number of carbonyl (C=O) groups is 1. The van der Waals surface area contributed by atoms with Gasteiger partial charge in [-0.1, -0.05) is 48.5 Å². The molecule has 0 aliphatic heterocycles. The largest absolute Gasteiger partial charge is 0.497 e. The van der Waals surface area contributed by atoms with Crippen LogP contribution in [0.4, 0.5) is 0 Å². The minimum Gasteiger partial charge on any atom is -0.497 e. The van der Waals surface area contributed by atoms with Gasteiger partial charge in [0.15, 0.2) is 6.61 Å². The molecule has 4 nitrogen and oxygen atoms in total. The first-order valence-electron chi connectivity index (χ1n) is 7.76. The molecule has 0 unspecified atom stereocenters. The third-order valence-electron chi connectivity index (χ3n) is 3.77. The molecule has 1 N–H and O–H groups in total. The van der Waals surface area contributed by atoms with Crippen LogP contribution in [0, 0.1) is 0 Å². The Kier molecular flexibility index (Phi) is 4.96. The van der Waals surface area contributed by atoms with E-state index < -0.39 is 0 Å². The normalized spacial score (nSPS) is 10.4. The van der Waals surface area contributed by atoms with Gasteiger partial charge in [-0.3, -0.25) is 4.79 Å². The van der Waals surface area contributed by atoms with Gasteiger partial charge in [0.1, 0.15) is 11.5 Å². The van der Waals surface area contributed by atoms with Crippen molar-refractivity contribution < 1.29 is 14.3 Å². The minimum absolute atomic E-state index is 0.0298. The van der Waals surface area contributed by atoms with Gasteiger partial charge in [-0.2, -0.15) is 0 Å². The highest BCUT2D eigenvalue weighted by atomic mass is 16.5. The Hall–Kier alpha value is -3.01. The van der Waals surface area contributed by atoms with E-state index in [9.17, 15) is 4.79 Å². The zero-order chi connectivity index (χ0) is 16.8. The molecule has 0 heterocycles. The zero-order valence-electron chi connectivity index (χ0n) is 13.5. The van der Waals surface area contributed by atoms with E-state index in [1.807, 2.05) is 36.4 Å². The molecule has 0 aromatic heterocycles. The predicted octanol–water partition coefficient (Wildman–Crippen LogP) is 3.54. The Balaban J connectivity index is 1.57. The lowest BCUT2D eigenvalue weighted by Crippen LogP contribution is -2.28. The molecule has 0 atom stereocenters. The van der Waals surface area contributed by atoms with Crippen molar-refractivity contribution in [2.75, 3.05) is 13.7 Å². The molecule has 0 radical (unpaired) electrons. The average Bonchev–Trinajstić information content (AvgIpc) is 2.64. The molecule has 0 spiro atoms. The number of fused-ring (bicyclic) bond motifs is 1. The van der Waals surface area contributed by atoms with Crippen molar-refractivity contribution in [2.24, 2.45) is 0 Å². The molecular formula is C20H19NO3. The maximum Gasteiger partial charge on any atom is 0.258 e. The highest BCUT2D eigenvalue weighted by molar-refractivity contribution is 5.86. The summed E-state index contributed by atoms with van der Waals surface area (Å²) in [6.07, 6.45) is 0. The third kappa shape index (κ3) is 3.84. The average molecular weight is 321 g/mol. The molecule has 0 aliphatic rings. The molecule has 3 aromatic carbocycles. The second kappa shape index (κ2) is 7.51. The summed E-state index contributed by atoms with van der Waals surface area (Å²) in [5.41, 5.74) is 1.09. The number of rotatable bonds is 6. The smallest absolute Gasteiger partial charge is 0.258 e. The molecule has 122 valence electrons. The highest BCUT2D eigenvalue weighted by Gasteiger charge is 2.05. The fraction of sp³-hybridized carbons (Fsp3) is 0.150. The Morgan fingerprint density at radius 2 is 1.71 bits per heavy atom. The fourth-order valence-electron chi connectivity index (χ4n) is 2.53. The Labute approximate surface area is 141 Å². The zero-order valence-corrected chi connectivity index (χ0v) is 13.5. The van der Waals surface area contributed by atoms with Gasteiger partial charge >= 0.3 is 0 Å². The van der Waals surface area contributed by atoms with Crippen LogP contribution in [0.2, 0.25) is 0 Å². The number of ether oxygens (including phenoxy) is 2. The Morgan fingerprint density at radius 3 is 2.58 bits per heavy atom. The lowest BCUT2D eigenvalue weighted by atomic mass is 10.0. The van der Waals surface area contributed by atoms with E-state index in [4.69, 9.17) is 9.47 Å². The lowest BCUT2D eigenvalue weighted by molar-refractivity contribution is -0.123. The van der Waals surface area contributed by atoms with Crippen LogP contribution in [0.1, 0.15) is 5.56 Å². The van der Waals surface area contributed by atoms with E-state index in [0.717, 1.165) is 16.3 Å². The van der Waals surface area contributed by atoms with Gasteiger partial charge < -0.3 is 14.8 Å². The minimum atomic E-state index is -0.161. The first kappa shape index (κ1) is 15.9. The third-order valence-corrected chi connectivity index (χ3v) is 3.77. The number of benzene rings is 3. The van der Waals surface area contributed by atoms with Crippen LogP contribution in [0.5, 0.6) is 11.5 Å². The lowest BCUT2D eigenvalue weighted by Gasteiger charge is -2.10. The topological polar surface area (TPSA) is 47.6 Å². The molecule has 3 aromatic rings. The van der Waals surface area contributed by atoms with Gasteiger partial charge in [-0.05, 0) is 28.5 Å². The molecule has 0 bridgehead atoms. The van der Waals surface area contributed by atoms with Crippen molar-refractivity contribution in [3.63, 3.8) is 0 Å². The first-order chi connectivity index (χ1) is 11.8. The fourth-order valence-corrected chi connectivity index (χ4v) is 2.53. The Bertz CT molecular complexity index is 840. The van der Waals surface area contributed by atoms with Crippen LogP contribution >= 0.6 is 0 Å². The van der Waals surface area contributed by atoms with E-state index in [2.05, 4.69) is 23.5 Å². The summed E-state index contributed by atoms with van der Waals surface area (Å²) in [6.45, 7) is 0.444. The summed E-state index contributed by atoms with van der Waals surface area (Å²) in [4.78, 5) is 12.0. The second-order valence-electron chi connectivity index (χ2n) is 5.38. The van der Waals surface area contributed by atoms with Crippen molar-refractivity contribution in [3.05, 3.63) is 72.3 Å². The van der Waals surface area contributed by atoms with Crippen LogP contribution in [0.15, 0.2) is 66.7 Å². The van der Waals surface area contributed by atoms with Crippen LogP contribution < -0.4 is 14.8 Å². The van der Waals surface area contributed by atoms with Gasteiger partial charge in [-0.15, -0.1) is 0 Å². The molecule has 0 aliphatic carbocycles. The van der Waals surface area contributed by atoms with E-state index in [0.29, 0.717) is 18.0 Å². The first-order valence-corrected chi connectivity index (χ1v) is 7.76. The van der Waals surface area contributed by atoms with Crippen molar-refractivity contribution in [1.82, 2.24) is 5.32 Å². The van der Waals surface area contributed by atoms with E-state index >= 15 is 0 Å². The van der Waals surface area contributed by atoms with Gasteiger partial charge in [-0.25, -0.2) is 0 Å². The number of hydrogen-bond donors (Lipinski definition) is 1. The van der Waals surface area contributed by atoms with E-state index in [1.54, 1.807) is 19.2 Å². The molecule has 1 amide bonds. The number of amides is 1. The molecule has 4 heteroatoms. The molecule has 24 heavy (non-hydrogen) atoms. The number of methoxy groups -OCH3 is 1. The quantitative estimate of drug-likeness (QED) is 0.755. The van der Waals surface area contributed by atoms with Gasteiger partial charge in [0.05, 0.1) is 7.11 Å². The standard InChI is InChI=1S/C20H19NO3/c1-23-17-9-5-10-18(12-17)24-14-20(22)21-13-16-8-4-7-15-6-2-3-11-19(15)16/h2-12H,13-14H2,1H3,(H,21,22). The summed E-state index contributed by atoms with van der Waals surface area (Å²) in [6, 6.07) is 21.4. The maximum atomic E-state index is 12.0. The monoisotopic (exact) mass is 321 g/mol. The van der Waals surface area contributed by atoms with Gasteiger partial charge in [0, 0.05) is 12.6 Å². The SMILES string of the molecule is COc1cccc(OCC(=O)NCc2cccc3ccccc23)c1. The number of hydrogen-bond acceptors (Lipinski definition) is 3. The van der Waals surface area contributed by atoms with Crippen LogP contribution in [-0.4, -0.2) is 19.6 Å². The second-order valence-corrected chi connectivity index (χ2v) is 5.38. The van der Waals surface area contributed by atoms with E-state index in [-0.39, 0.29) is 12.5 Å². The van der Waals surface area contributed by atoms with Crippen LogP contribution in [-0.2, 0) is 11.3 Å². The number of nitrogens with one attached hydrogen (secondary N) is 1. The summed E-state index contributed by atoms with van der Waals surface area (Å²) in [7, 11) is 1.59. The highest BCUT2D eigenvalue weighted by Crippen LogP contribution is 2.19. The summed E-state index contributed by atoms with van der Waals surface area (Å²) in [5.74, 6) is 1.14. The van der Waals surface area contributed by atoms with Gasteiger partial charge in [0.2, 0.25) is 0 Å². The van der Waals surface area contributed by atoms with Crippen molar-refractivity contribution in [1.29, 1.82) is 0 Å². The molecule has 0 saturated carbocycles. The van der Waals surface area contributed by atoms with Crippen LogP contribution in [0.25, 0.3) is 10.8 Å². The molecule has 0 fully saturated rings. The summed E-state index contributed by atoms with van der Waals surface area (Å²) >= 11 is 0. The molecular weight excluding hydrogens is 302 g/mol. The van der Waals surface area contributed by atoms with Gasteiger partial charge in [0.25, 0.3) is 5.91 Å². The molecule has 0 saturated heterocycles. The maximum absolute atomic E-state index is 12.0. The summed E-state index contributed by atoms with van der Waals surface area (Å²) < 4.78 is 10.6. The van der Waals surface area contributed by atoms with Crippen molar-refractivity contribution in [2.45, 2.75) is 6.54 Å². The van der Waals surface area contributed by atoms with E-state index in [1.165, 1.54) is 0 Å². The van der Waals surface area contributed by atoms with Crippen molar-refractivity contribution in [3.8, 4) is 11.5 Å².